The number of fused-ring (bicyclic) bond motifs is 1. The van der Waals surface area contributed by atoms with Crippen LogP contribution in [0.3, 0.4) is 0 Å². The van der Waals surface area contributed by atoms with Crippen LogP contribution in [0.4, 0.5) is 0 Å². The smallest absolute Gasteiger partial charge is 0.262 e. The summed E-state index contributed by atoms with van der Waals surface area (Å²) in [7, 11) is 0. The Hall–Kier alpha value is -1.95. The van der Waals surface area contributed by atoms with Crippen molar-refractivity contribution >= 4 is 27.5 Å². The van der Waals surface area contributed by atoms with Crippen LogP contribution in [0.1, 0.15) is 49.0 Å². The number of carbonyl (C=O) groups is 1. The topological polar surface area (TPSA) is 64.0 Å². The first-order chi connectivity index (χ1) is 12.1. The van der Waals surface area contributed by atoms with Crippen LogP contribution in [0.5, 0.6) is 0 Å². The van der Waals surface area contributed by atoms with Gasteiger partial charge in [-0.15, -0.1) is 11.3 Å². The van der Waals surface area contributed by atoms with Gasteiger partial charge in [0.2, 0.25) is 5.91 Å². The number of thiophene rings is 1. The summed E-state index contributed by atoms with van der Waals surface area (Å²) in [6, 6.07) is 0. The molecule has 134 valence electrons. The highest BCUT2D eigenvalue weighted by molar-refractivity contribution is 7.18. The number of rotatable bonds is 6. The molecule has 0 radical (unpaired) electrons. The number of allylic oxidation sites excluding steroid dienone is 1. The predicted octanol–water partition coefficient (Wildman–Crippen LogP) is 3.47. The van der Waals surface area contributed by atoms with E-state index >= 15 is 0 Å². The fraction of sp³-hybridized carbons (Fsp3) is 0.526. The van der Waals surface area contributed by atoms with Gasteiger partial charge in [-0.1, -0.05) is 11.6 Å². The third kappa shape index (κ3) is 4.18. The number of amides is 1. The van der Waals surface area contributed by atoms with Gasteiger partial charge in [0.1, 0.15) is 4.83 Å². The Morgan fingerprint density at radius 3 is 2.96 bits per heavy atom. The van der Waals surface area contributed by atoms with Crippen LogP contribution in [0.15, 0.2) is 22.8 Å². The van der Waals surface area contributed by atoms with E-state index < -0.39 is 0 Å². The lowest BCUT2D eigenvalue weighted by Gasteiger charge is -2.13. The molecule has 0 saturated carbocycles. The molecule has 25 heavy (non-hydrogen) atoms. The summed E-state index contributed by atoms with van der Waals surface area (Å²) in [6.07, 6.45) is 9.98. The van der Waals surface area contributed by atoms with Gasteiger partial charge in [0, 0.05) is 24.4 Å². The molecule has 0 fully saturated rings. The van der Waals surface area contributed by atoms with Gasteiger partial charge in [0.25, 0.3) is 5.56 Å². The molecular formula is C19H25N3O2S. The summed E-state index contributed by atoms with van der Waals surface area (Å²) in [5.74, 6) is -0.0124. The molecule has 0 atom stereocenters. The van der Waals surface area contributed by atoms with E-state index in [-0.39, 0.29) is 11.5 Å². The van der Waals surface area contributed by atoms with Crippen molar-refractivity contribution in [3.8, 4) is 0 Å². The number of carbonyl (C=O) groups excluding carboxylic acids is 1. The van der Waals surface area contributed by atoms with Gasteiger partial charge < -0.3 is 5.32 Å². The maximum atomic E-state index is 12.6. The lowest BCUT2D eigenvalue weighted by atomic mass is 9.97. The van der Waals surface area contributed by atoms with E-state index in [1.807, 2.05) is 13.8 Å². The molecule has 6 heteroatoms. The molecule has 1 amide bonds. The Morgan fingerprint density at radius 2 is 2.20 bits per heavy atom. The molecule has 2 aromatic rings. The van der Waals surface area contributed by atoms with Crippen molar-refractivity contribution in [1.82, 2.24) is 14.9 Å². The number of aromatic nitrogens is 2. The van der Waals surface area contributed by atoms with E-state index in [9.17, 15) is 9.59 Å². The highest BCUT2D eigenvalue weighted by Gasteiger charge is 2.12. The fourth-order valence-electron chi connectivity index (χ4n) is 3.23. The summed E-state index contributed by atoms with van der Waals surface area (Å²) in [5.41, 5.74) is 2.41. The second-order valence-corrected chi connectivity index (χ2v) is 7.87. The minimum atomic E-state index is -0.0491. The number of nitrogens with one attached hydrogen (secondary N) is 1. The third-order valence-corrected chi connectivity index (χ3v) is 6.00. The highest BCUT2D eigenvalue weighted by Crippen LogP contribution is 2.25. The van der Waals surface area contributed by atoms with Gasteiger partial charge in [-0.2, -0.15) is 0 Å². The van der Waals surface area contributed by atoms with Crippen LogP contribution in [0.2, 0.25) is 0 Å². The molecule has 5 nitrogen and oxygen atoms in total. The summed E-state index contributed by atoms with van der Waals surface area (Å²) < 4.78 is 1.55. The van der Waals surface area contributed by atoms with E-state index in [0.29, 0.717) is 24.9 Å². The van der Waals surface area contributed by atoms with Gasteiger partial charge in [-0.05, 0) is 51.5 Å². The van der Waals surface area contributed by atoms with Crippen LogP contribution in [-0.2, 0) is 11.3 Å². The predicted molar refractivity (Wildman–Crippen MR) is 102 cm³/mol. The summed E-state index contributed by atoms with van der Waals surface area (Å²) in [6.45, 7) is 5.00. The van der Waals surface area contributed by atoms with Gasteiger partial charge in [-0.25, -0.2) is 4.98 Å². The van der Waals surface area contributed by atoms with E-state index in [1.54, 1.807) is 22.2 Å². The van der Waals surface area contributed by atoms with Crippen molar-refractivity contribution in [2.75, 3.05) is 6.54 Å². The number of nitrogens with zero attached hydrogens (tertiary/aromatic N) is 2. The lowest BCUT2D eigenvalue weighted by Crippen LogP contribution is -2.28. The summed E-state index contributed by atoms with van der Waals surface area (Å²) >= 11 is 1.54. The van der Waals surface area contributed by atoms with Crippen molar-refractivity contribution < 1.29 is 4.79 Å². The Labute approximate surface area is 151 Å². The van der Waals surface area contributed by atoms with E-state index in [1.165, 1.54) is 24.8 Å². The second kappa shape index (κ2) is 7.95. The van der Waals surface area contributed by atoms with Gasteiger partial charge >= 0.3 is 0 Å². The second-order valence-electron chi connectivity index (χ2n) is 6.66. The zero-order valence-electron chi connectivity index (χ0n) is 14.9. The molecular weight excluding hydrogens is 334 g/mol. The van der Waals surface area contributed by atoms with E-state index in [4.69, 9.17) is 0 Å². The largest absolute Gasteiger partial charge is 0.356 e. The normalized spacial score (nSPS) is 14.6. The average Bonchev–Trinajstić information content (AvgIpc) is 2.90. The molecule has 1 aliphatic rings. The van der Waals surface area contributed by atoms with E-state index in [0.717, 1.165) is 28.1 Å². The molecule has 2 aromatic heterocycles. The average molecular weight is 359 g/mol. The van der Waals surface area contributed by atoms with Crippen LogP contribution in [0.25, 0.3) is 10.2 Å². The first-order valence-corrected chi connectivity index (χ1v) is 9.77. The van der Waals surface area contributed by atoms with Crippen LogP contribution >= 0.6 is 11.3 Å². The Balaban J connectivity index is 1.54. The van der Waals surface area contributed by atoms with Crippen molar-refractivity contribution in [2.45, 2.75) is 58.9 Å². The maximum Gasteiger partial charge on any atom is 0.262 e. The number of hydrogen-bond donors (Lipinski definition) is 1. The monoisotopic (exact) mass is 359 g/mol. The minimum absolute atomic E-state index is 0.0124. The molecule has 0 bridgehead atoms. The quantitative estimate of drug-likeness (QED) is 0.803. The summed E-state index contributed by atoms with van der Waals surface area (Å²) in [4.78, 5) is 30.9. The van der Waals surface area contributed by atoms with E-state index in [2.05, 4.69) is 16.4 Å². The molecule has 0 spiro atoms. The molecule has 2 heterocycles. The molecule has 0 saturated heterocycles. The number of hydrogen-bond acceptors (Lipinski definition) is 4. The zero-order valence-corrected chi connectivity index (χ0v) is 15.7. The third-order valence-electron chi connectivity index (χ3n) is 4.89. The van der Waals surface area contributed by atoms with Crippen molar-refractivity contribution in [1.29, 1.82) is 0 Å². The van der Waals surface area contributed by atoms with Crippen molar-refractivity contribution in [2.24, 2.45) is 0 Å². The SMILES string of the molecule is Cc1sc2ncn(CCC(=O)NCCC3=CCCCC3)c(=O)c2c1C. The molecule has 0 aromatic carbocycles. The van der Waals surface area contributed by atoms with Crippen LogP contribution in [0, 0.1) is 13.8 Å². The van der Waals surface area contributed by atoms with Crippen molar-refractivity contribution in [3.63, 3.8) is 0 Å². The Kier molecular flexibility index (Phi) is 5.68. The zero-order chi connectivity index (χ0) is 17.8. The maximum absolute atomic E-state index is 12.6. The molecule has 0 aliphatic heterocycles. The van der Waals surface area contributed by atoms with Gasteiger partial charge in [0.05, 0.1) is 11.7 Å². The van der Waals surface area contributed by atoms with Gasteiger partial charge in [0.15, 0.2) is 0 Å². The standard InChI is InChI=1S/C19H25N3O2S/c1-13-14(2)25-18-17(13)19(24)22(12-21-18)11-9-16(23)20-10-8-15-6-4-3-5-7-15/h6,12H,3-5,7-11H2,1-2H3,(H,20,23). The molecule has 1 N–H and O–H groups in total. The van der Waals surface area contributed by atoms with Crippen molar-refractivity contribution in [3.05, 3.63) is 38.8 Å². The van der Waals surface area contributed by atoms with Crippen LogP contribution in [-0.4, -0.2) is 22.0 Å². The number of aryl methyl sites for hydroxylation is 3. The Bertz CT molecular complexity index is 863. The molecule has 3 rings (SSSR count). The van der Waals surface area contributed by atoms with Crippen LogP contribution < -0.4 is 10.9 Å². The minimum Gasteiger partial charge on any atom is -0.356 e. The molecule has 1 aliphatic carbocycles. The first kappa shape index (κ1) is 17.9. The van der Waals surface area contributed by atoms with Gasteiger partial charge in [-0.3, -0.25) is 14.2 Å². The fourth-order valence-corrected chi connectivity index (χ4v) is 4.22. The first-order valence-electron chi connectivity index (χ1n) is 8.96. The molecule has 0 unspecified atom stereocenters. The summed E-state index contributed by atoms with van der Waals surface area (Å²) in [5, 5.41) is 3.65. The lowest BCUT2D eigenvalue weighted by molar-refractivity contribution is -0.121. The highest BCUT2D eigenvalue weighted by atomic mass is 32.1. The Morgan fingerprint density at radius 1 is 1.36 bits per heavy atom.